The highest BCUT2D eigenvalue weighted by atomic mass is 32.2. The second-order valence-corrected chi connectivity index (χ2v) is 9.24. The molecule has 2 heterocycles. The summed E-state index contributed by atoms with van der Waals surface area (Å²) in [6.45, 7) is 9.28. The predicted octanol–water partition coefficient (Wildman–Crippen LogP) is 2.90. The van der Waals surface area contributed by atoms with Crippen LogP contribution < -0.4 is 4.31 Å². The van der Waals surface area contributed by atoms with Gasteiger partial charge in [-0.2, -0.15) is 5.10 Å². The van der Waals surface area contributed by atoms with Gasteiger partial charge in [-0.05, 0) is 45.2 Å². The van der Waals surface area contributed by atoms with Crippen LogP contribution in [0.25, 0.3) is 0 Å². The van der Waals surface area contributed by atoms with Crippen LogP contribution in [0.2, 0.25) is 0 Å². The molecule has 158 valence electrons. The maximum atomic E-state index is 13.4. The lowest BCUT2D eigenvalue weighted by Crippen LogP contribution is -2.35. The lowest BCUT2D eigenvalue weighted by molar-refractivity contribution is -0.132. The largest absolute Gasteiger partial charge is 0.341 e. The second kappa shape index (κ2) is 8.57. The molecule has 0 bridgehead atoms. The maximum Gasteiger partial charge on any atom is 0.268 e. The zero-order chi connectivity index (χ0) is 21.2. The van der Waals surface area contributed by atoms with E-state index in [2.05, 4.69) is 12.0 Å². The molecule has 0 radical (unpaired) electrons. The molecule has 2 aromatic rings. The molecular formula is C21H30N4O3S. The molecule has 0 N–H and O–H groups in total. The summed E-state index contributed by atoms with van der Waals surface area (Å²) in [4.78, 5) is 14.7. The van der Waals surface area contributed by atoms with Crippen LogP contribution in [0.3, 0.4) is 0 Å². The fraction of sp³-hybridized carbons (Fsp3) is 0.524. The van der Waals surface area contributed by atoms with E-state index >= 15 is 0 Å². The van der Waals surface area contributed by atoms with Crippen molar-refractivity contribution in [2.75, 3.05) is 23.9 Å². The van der Waals surface area contributed by atoms with Crippen molar-refractivity contribution in [3.8, 4) is 0 Å². The van der Waals surface area contributed by atoms with Gasteiger partial charge in [-0.25, -0.2) is 8.42 Å². The average molecular weight is 419 g/mol. The predicted molar refractivity (Wildman–Crippen MR) is 114 cm³/mol. The first-order valence-electron chi connectivity index (χ1n) is 10.2. The van der Waals surface area contributed by atoms with Gasteiger partial charge in [0, 0.05) is 19.6 Å². The Labute approximate surface area is 173 Å². The molecule has 0 atom stereocenters. The highest BCUT2D eigenvalue weighted by Crippen LogP contribution is 2.34. The average Bonchev–Trinajstić information content (AvgIpc) is 3.24. The van der Waals surface area contributed by atoms with E-state index in [0.717, 1.165) is 24.1 Å². The molecule has 1 aliphatic heterocycles. The van der Waals surface area contributed by atoms with Crippen molar-refractivity contribution in [2.45, 2.75) is 58.4 Å². The van der Waals surface area contributed by atoms with E-state index < -0.39 is 10.0 Å². The van der Waals surface area contributed by atoms with Gasteiger partial charge in [0.25, 0.3) is 10.0 Å². The Kier molecular flexibility index (Phi) is 6.31. The highest BCUT2D eigenvalue weighted by Gasteiger charge is 2.35. The van der Waals surface area contributed by atoms with Crippen LogP contribution in [0.5, 0.6) is 0 Å². The van der Waals surface area contributed by atoms with Gasteiger partial charge in [0.15, 0.2) is 0 Å². The number of benzene rings is 1. The molecule has 8 heteroatoms. The number of hydrogen-bond acceptors (Lipinski definition) is 4. The fourth-order valence-electron chi connectivity index (χ4n) is 3.91. The van der Waals surface area contributed by atoms with Crippen LogP contribution in [-0.4, -0.2) is 48.6 Å². The molecule has 1 aromatic heterocycles. The first-order valence-corrected chi connectivity index (χ1v) is 11.7. The molecule has 0 spiro atoms. The van der Waals surface area contributed by atoms with Crippen molar-refractivity contribution in [3.63, 3.8) is 0 Å². The standard InChI is InChI=1S/C21H30N4O3S/c1-5-7-13-23(6-2)20(26)15-24-17(4)21(16(3)22-24)29(27,28)25-14-12-18-10-8-9-11-19(18)25/h8-11H,5-7,12-15H2,1-4H3. The summed E-state index contributed by atoms with van der Waals surface area (Å²) in [5.74, 6) is -0.0398. The SMILES string of the molecule is CCCCN(CC)C(=O)Cn1nc(C)c(S(=O)(=O)N2CCc3ccccc32)c1C. The Morgan fingerprint density at radius 1 is 1.21 bits per heavy atom. The summed E-state index contributed by atoms with van der Waals surface area (Å²) in [7, 11) is -3.74. The van der Waals surface area contributed by atoms with Crippen LogP contribution in [0, 0.1) is 13.8 Å². The molecule has 1 aliphatic rings. The third-order valence-electron chi connectivity index (χ3n) is 5.51. The van der Waals surface area contributed by atoms with Crippen LogP contribution in [0.15, 0.2) is 29.2 Å². The number of anilines is 1. The maximum absolute atomic E-state index is 13.4. The van der Waals surface area contributed by atoms with E-state index in [1.54, 1.807) is 18.7 Å². The topological polar surface area (TPSA) is 75.5 Å². The number of aryl methyl sites for hydroxylation is 1. The molecular weight excluding hydrogens is 388 g/mol. The molecule has 0 unspecified atom stereocenters. The number of aromatic nitrogens is 2. The van der Waals surface area contributed by atoms with Crippen LogP contribution >= 0.6 is 0 Å². The number of unbranched alkanes of at least 4 members (excludes halogenated alkanes) is 1. The Morgan fingerprint density at radius 3 is 2.62 bits per heavy atom. The molecule has 1 aromatic carbocycles. The number of likely N-dealkylation sites (N-methyl/N-ethyl adjacent to an activating group) is 1. The van der Waals surface area contributed by atoms with Crippen molar-refractivity contribution < 1.29 is 13.2 Å². The first-order chi connectivity index (χ1) is 13.8. The number of para-hydroxylation sites is 1. The Bertz CT molecular complexity index is 997. The number of nitrogens with zero attached hydrogens (tertiary/aromatic N) is 4. The Morgan fingerprint density at radius 2 is 1.93 bits per heavy atom. The van der Waals surface area contributed by atoms with Gasteiger partial charge in [-0.1, -0.05) is 31.5 Å². The summed E-state index contributed by atoms with van der Waals surface area (Å²) in [5.41, 5.74) is 2.69. The van der Waals surface area contributed by atoms with Gasteiger partial charge >= 0.3 is 0 Å². The lowest BCUT2D eigenvalue weighted by atomic mass is 10.2. The molecule has 0 aliphatic carbocycles. The van der Waals surface area contributed by atoms with E-state index in [9.17, 15) is 13.2 Å². The van der Waals surface area contributed by atoms with Crippen molar-refractivity contribution in [1.29, 1.82) is 0 Å². The number of sulfonamides is 1. The van der Waals surface area contributed by atoms with Gasteiger partial charge < -0.3 is 4.90 Å². The number of carbonyl (C=O) groups excluding carboxylic acids is 1. The second-order valence-electron chi connectivity index (χ2n) is 7.44. The van der Waals surface area contributed by atoms with E-state index in [-0.39, 0.29) is 17.3 Å². The number of carbonyl (C=O) groups is 1. The molecule has 0 saturated heterocycles. The van der Waals surface area contributed by atoms with Gasteiger partial charge in [0.05, 0.1) is 17.1 Å². The number of fused-ring (bicyclic) bond motifs is 1. The highest BCUT2D eigenvalue weighted by molar-refractivity contribution is 7.93. The van der Waals surface area contributed by atoms with Crippen LogP contribution in [0.4, 0.5) is 5.69 Å². The first kappa shape index (κ1) is 21.4. The molecule has 0 fully saturated rings. The van der Waals surface area contributed by atoms with E-state index in [1.807, 2.05) is 31.2 Å². The van der Waals surface area contributed by atoms with Crippen molar-refractivity contribution in [2.24, 2.45) is 0 Å². The summed E-state index contributed by atoms with van der Waals surface area (Å²) in [6, 6.07) is 7.57. The Balaban J connectivity index is 1.89. The van der Waals surface area contributed by atoms with Crippen molar-refractivity contribution in [1.82, 2.24) is 14.7 Å². The third kappa shape index (κ3) is 4.03. The van der Waals surface area contributed by atoms with Crippen LogP contribution in [-0.2, 0) is 27.8 Å². The van der Waals surface area contributed by atoms with Gasteiger partial charge in [0.1, 0.15) is 11.4 Å². The molecule has 3 rings (SSSR count). The third-order valence-corrected chi connectivity index (χ3v) is 7.58. The fourth-order valence-corrected chi connectivity index (χ4v) is 5.79. The van der Waals surface area contributed by atoms with Gasteiger partial charge in [-0.3, -0.25) is 13.8 Å². The van der Waals surface area contributed by atoms with Crippen molar-refractivity contribution in [3.05, 3.63) is 41.2 Å². The number of amides is 1. The summed E-state index contributed by atoms with van der Waals surface area (Å²) in [6.07, 6.45) is 2.66. The van der Waals surface area contributed by atoms with E-state index in [4.69, 9.17) is 0 Å². The monoisotopic (exact) mass is 418 g/mol. The van der Waals surface area contributed by atoms with E-state index in [0.29, 0.717) is 37.4 Å². The zero-order valence-corrected chi connectivity index (χ0v) is 18.5. The Hall–Kier alpha value is -2.35. The van der Waals surface area contributed by atoms with E-state index in [1.165, 1.54) is 8.99 Å². The smallest absolute Gasteiger partial charge is 0.268 e. The quantitative estimate of drug-likeness (QED) is 0.661. The van der Waals surface area contributed by atoms with Crippen molar-refractivity contribution >= 4 is 21.6 Å². The molecule has 29 heavy (non-hydrogen) atoms. The lowest BCUT2D eigenvalue weighted by Gasteiger charge is -2.21. The zero-order valence-electron chi connectivity index (χ0n) is 17.7. The van der Waals surface area contributed by atoms with Gasteiger partial charge in [-0.15, -0.1) is 0 Å². The number of hydrogen-bond donors (Lipinski definition) is 0. The van der Waals surface area contributed by atoms with Gasteiger partial charge in [0.2, 0.25) is 5.91 Å². The molecule has 0 saturated carbocycles. The normalized spacial score (nSPS) is 13.6. The van der Waals surface area contributed by atoms with Crippen LogP contribution in [0.1, 0.15) is 43.6 Å². The molecule has 1 amide bonds. The molecule has 7 nitrogen and oxygen atoms in total. The minimum atomic E-state index is -3.74. The minimum Gasteiger partial charge on any atom is -0.341 e. The summed E-state index contributed by atoms with van der Waals surface area (Å²) >= 11 is 0. The minimum absolute atomic E-state index is 0.0398. The number of rotatable bonds is 8. The summed E-state index contributed by atoms with van der Waals surface area (Å²) < 4.78 is 29.9. The summed E-state index contributed by atoms with van der Waals surface area (Å²) in [5, 5.41) is 4.40.